The van der Waals surface area contributed by atoms with E-state index in [9.17, 15) is 4.79 Å². The maximum Gasteiger partial charge on any atom is 0.254 e. The smallest absolute Gasteiger partial charge is 0.254 e. The van der Waals surface area contributed by atoms with Crippen LogP contribution in [0.1, 0.15) is 28.7 Å². The van der Waals surface area contributed by atoms with Crippen LogP contribution in [0.3, 0.4) is 0 Å². The van der Waals surface area contributed by atoms with Gasteiger partial charge in [0.25, 0.3) is 5.91 Å². The highest BCUT2D eigenvalue weighted by Gasteiger charge is 2.19. The van der Waals surface area contributed by atoms with Crippen LogP contribution in [-0.4, -0.2) is 47.5 Å². The fourth-order valence-electron chi connectivity index (χ4n) is 3.64. The van der Waals surface area contributed by atoms with Crippen LogP contribution in [0.2, 0.25) is 0 Å². The summed E-state index contributed by atoms with van der Waals surface area (Å²) in [5.41, 5.74) is 9.53. The highest BCUT2D eigenvalue weighted by atomic mass is 16.5. The van der Waals surface area contributed by atoms with E-state index in [1.54, 1.807) is 31.2 Å². The number of ether oxygens (including phenoxy) is 1. The molecule has 4 rings (SSSR count). The zero-order valence-electron chi connectivity index (χ0n) is 19.6. The number of para-hydroxylation sites is 1. The number of nitrogens with one attached hydrogen (secondary N) is 2. The first kappa shape index (κ1) is 22.7. The van der Waals surface area contributed by atoms with Crippen LogP contribution in [0, 0.1) is 13.8 Å². The number of aryl methyl sites for hydroxylation is 3. The second kappa shape index (κ2) is 9.17. The van der Waals surface area contributed by atoms with E-state index in [-0.39, 0.29) is 17.3 Å². The lowest BCUT2D eigenvalue weighted by Gasteiger charge is -2.15. The van der Waals surface area contributed by atoms with Gasteiger partial charge >= 0.3 is 0 Å². The zero-order valence-corrected chi connectivity index (χ0v) is 19.6. The Hall–Kier alpha value is -4.48. The molecule has 0 saturated heterocycles. The number of aromatic nitrogens is 7. The molecule has 34 heavy (non-hydrogen) atoms. The molecule has 0 saturated carbocycles. The number of benzene rings is 1. The van der Waals surface area contributed by atoms with E-state index >= 15 is 0 Å². The minimum absolute atomic E-state index is 0.131. The molecule has 3 aromatic heterocycles. The predicted molar refractivity (Wildman–Crippen MR) is 127 cm³/mol. The summed E-state index contributed by atoms with van der Waals surface area (Å²) in [6, 6.07) is 5.47. The molecule has 0 spiro atoms. The summed E-state index contributed by atoms with van der Waals surface area (Å²) in [5, 5.41) is 15.2. The minimum atomic E-state index is -0.665. The summed E-state index contributed by atoms with van der Waals surface area (Å²) in [4.78, 5) is 25.2. The van der Waals surface area contributed by atoms with Crippen molar-refractivity contribution in [2.24, 2.45) is 12.8 Å². The van der Waals surface area contributed by atoms with Crippen LogP contribution in [0.4, 0.5) is 23.1 Å². The molecular formula is C22H26N10O2. The number of carbonyl (C=O) groups is 1. The van der Waals surface area contributed by atoms with Crippen LogP contribution >= 0.6 is 0 Å². The molecule has 0 fully saturated rings. The summed E-state index contributed by atoms with van der Waals surface area (Å²) in [6.45, 7) is 6.63. The van der Waals surface area contributed by atoms with Gasteiger partial charge in [-0.05, 0) is 32.9 Å². The molecular weight excluding hydrogens is 436 g/mol. The van der Waals surface area contributed by atoms with Crippen molar-refractivity contribution in [1.29, 1.82) is 0 Å². The molecule has 0 bridgehead atoms. The van der Waals surface area contributed by atoms with Crippen LogP contribution in [0.5, 0.6) is 5.75 Å². The number of anilines is 4. The normalized spacial score (nSPS) is 10.9. The van der Waals surface area contributed by atoms with E-state index in [0.717, 1.165) is 23.6 Å². The molecule has 1 amide bonds. The first-order valence-electron chi connectivity index (χ1n) is 10.6. The third kappa shape index (κ3) is 4.25. The Morgan fingerprint density at radius 2 is 1.97 bits per heavy atom. The average molecular weight is 463 g/mol. The SMILES string of the molecule is CCn1nc(C)c(Nc2ncc(C(N)=O)c(Nc3cccc(-c4ncn(C)n4)c3OC)n2)c1C. The largest absolute Gasteiger partial charge is 0.494 e. The molecule has 176 valence electrons. The van der Waals surface area contributed by atoms with E-state index in [1.165, 1.54) is 6.20 Å². The van der Waals surface area contributed by atoms with Crippen molar-refractivity contribution in [3.8, 4) is 17.1 Å². The summed E-state index contributed by atoms with van der Waals surface area (Å²) in [5.74, 6) is 0.848. The highest BCUT2D eigenvalue weighted by molar-refractivity contribution is 5.98. The molecule has 0 unspecified atom stereocenters. The molecule has 4 aromatic rings. The molecule has 4 N–H and O–H groups in total. The van der Waals surface area contributed by atoms with Crippen molar-refractivity contribution in [3.05, 3.63) is 47.7 Å². The summed E-state index contributed by atoms with van der Waals surface area (Å²) < 4.78 is 9.14. The number of carbonyl (C=O) groups excluding carboxylic acids is 1. The molecule has 12 heteroatoms. The summed E-state index contributed by atoms with van der Waals surface area (Å²) >= 11 is 0. The number of hydrogen-bond acceptors (Lipinski definition) is 9. The Morgan fingerprint density at radius 1 is 1.18 bits per heavy atom. The van der Waals surface area contributed by atoms with Crippen LogP contribution in [0.25, 0.3) is 11.4 Å². The van der Waals surface area contributed by atoms with Crippen molar-refractivity contribution in [1.82, 2.24) is 34.5 Å². The van der Waals surface area contributed by atoms with Gasteiger partial charge in [0.1, 0.15) is 17.7 Å². The van der Waals surface area contributed by atoms with Crippen molar-refractivity contribution in [2.45, 2.75) is 27.3 Å². The first-order chi connectivity index (χ1) is 16.3. The number of amides is 1. The first-order valence-corrected chi connectivity index (χ1v) is 10.6. The Morgan fingerprint density at radius 3 is 2.59 bits per heavy atom. The van der Waals surface area contributed by atoms with Crippen LogP contribution in [-0.2, 0) is 13.6 Å². The van der Waals surface area contributed by atoms with E-state index in [2.05, 4.69) is 35.8 Å². The predicted octanol–water partition coefficient (Wildman–Crippen LogP) is 2.70. The monoisotopic (exact) mass is 462 g/mol. The van der Waals surface area contributed by atoms with Gasteiger partial charge in [-0.1, -0.05) is 6.07 Å². The molecule has 0 aliphatic carbocycles. The second-order valence-corrected chi connectivity index (χ2v) is 7.56. The molecule has 0 aliphatic heterocycles. The van der Waals surface area contributed by atoms with Gasteiger partial charge in [-0.15, -0.1) is 0 Å². The number of rotatable bonds is 8. The molecule has 1 aromatic carbocycles. The fourth-order valence-corrected chi connectivity index (χ4v) is 3.64. The third-order valence-corrected chi connectivity index (χ3v) is 5.28. The standard InChI is InChI=1S/C22H26N10O2/c1-6-32-13(3)17(12(2)29-32)27-22-24-10-15(19(23)33)21(28-22)26-16-9-7-8-14(18(16)34-5)20-25-11-31(4)30-20/h7-11H,6H2,1-5H3,(H2,23,33)(H2,24,26,27,28). The van der Waals surface area contributed by atoms with Gasteiger partial charge < -0.3 is 21.1 Å². The van der Waals surface area contributed by atoms with Gasteiger partial charge in [0.05, 0.1) is 35.4 Å². The van der Waals surface area contributed by atoms with Crippen LogP contribution in [0.15, 0.2) is 30.7 Å². The number of methoxy groups -OCH3 is 1. The molecule has 0 aliphatic rings. The lowest BCUT2D eigenvalue weighted by Crippen LogP contribution is -2.16. The molecule has 0 atom stereocenters. The Bertz CT molecular complexity index is 1360. The summed E-state index contributed by atoms with van der Waals surface area (Å²) in [6.07, 6.45) is 2.98. The van der Waals surface area contributed by atoms with Gasteiger partial charge in [0.2, 0.25) is 5.95 Å². The van der Waals surface area contributed by atoms with Crippen molar-refractivity contribution >= 4 is 29.0 Å². The quantitative estimate of drug-likeness (QED) is 0.359. The molecule has 3 heterocycles. The average Bonchev–Trinajstić information content (AvgIpc) is 3.36. The second-order valence-electron chi connectivity index (χ2n) is 7.56. The van der Waals surface area contributed by atoms with Crippen LogP contribution < -0.4 is 21.1 Å². The zero-order chi connectivity index (χ0) is 24.4. The van der Waals surface area contributed by atoms with Crippen molar-refractivity contribution in [2.75, 3.05) is 17.7 Å². The van der Waals surface area contributed by atoms with Crippen molar-refractivity contribution in [3.63, 3.8) is 0 Å². The lowest BCUT2D eigenvalue weighted by molar-refractivity contribution is 0.100. The van der Waals surface area contributed by atoms with Gasteiger partial charge in [-0.25, -0.2) is 9.97 Å². The maximum atomic E-state index is 12.1. The highest BCUT2D eigenvalue weighted by Crippen LogP contribution is 2.36. The van der Waals surface area contributed by atoms with Gasteiger partial charge in [-0.3, -0.25) is 14.2 Å². The van der Waals surface area contributed by atoms with Gasteiger partial charge in [0.15, 0.2) is 11.6 Å². The van der Waals surface area contributed by atoms with E-state index < -0.39 is 5.91 Å². The number of nitrogens with two attached hydrogens (primary N) is 1. The molecule has 0 radical (unpaired) electrons. The Kier molecular flexibility index (Phi) is 6.13. The topological polar surface area (TPSA) is 151 Å². The Labute approximate surface area is 196 Å². The van der Waals surface area contributed by atoms with Gasteiger partial charge in [0, 0.05) is 19.8 Å². The number of primary amides is 1. The summed E-state index contributed by atoms with van der Waals surface area (Å²) in [7, 11) is 3.33. The fraction of sp³-hybridized carbons (Fsp3) is 0.273. The third-order valence-electron chi connectivity index (χ3n) is 5.28. The van der Waals surface area contributed by atoms with E-state index in [0.29, 0.717) is 22.8 Å². The van der Waals surface area contributed by atoms with E-state index in [1.807, 2.05) is 37.6 Å². The molecule has 12 nitrogen and oxygen atoms in total. The number of nitrogens with zero attached hydrogens (tertiary/aromatic N) is 7. The lowest BCUT2D eigenvalue weighted by atomic mass is 10.1. The number of hydrogen-bond donors (Lipinski definition) is 3. The maximum absolute atomic E-state index is 12.1. The van der Waals surface area contributed by atoms with Gasteiger partial charge in [-0.2, -0.15) is 15.2 Å². The Balaban J connectivity index is 1.73. The van der Waals surface area contributed by atoms with Crippen molar-refractivity contribution < 1.29 is 9.53 Å². The minimum Gasteiger partial charge on any atom is -0.494 e. The van der Waals surface area contributed by atoms with E-state index in [4.69, 9.17) is 10.5 Å².